The monoisotopic (exact) mass is 297 g/mol. The first-order chi connectivity index (χ1) is 10.7. The van der Waals surface area contributed by atoms with E-state index in [0.29, 0.717) is 19.5 Å². The lowest BCUT2D eigenvalue weighted by molar-refractivity contribution is -0.117. The van der Waals surface area contributed by atoms with Crippen LogP contribution in [0.1, 0.15) is 6.42 Å². The van der Waals surface area contributed by atoms with Crippen molar-refractivity contribution < 1.29 is 4.79 Å². The first kappa shape index (κ1) is 14.1. The van der Waals surface area contributed by atoms with Gasteiger partial charge in [-0.3, -0.25) is 19.4 Å². The molecule has 3 rings (SSSR count). The van der Waals surface area contributed by atoms with E-state index >= 15 is 0 Å². The van der Waals surface area contributed by atoms with Crippen LogP contribution < -0.4 is 4.90 Å². The van der Waals surface area contributed by atoms with Crippen LogP contribution in [0.5, 0.6) is 0 Å². The van der Waals surface area contributed by atoms with Crippen LogP contribution in [-0.2, 0) is 11.8 Å². The van der Waals surface area contributed by atoms with Crippen molar-refractivity contribution in [1.29, 1.82) is 0 Å². The van der Waals surface area contributed by atoms with Crippen LogP contribution in [0.4, 0.5) is 5.82 Å². The number of nitrogens with zero attached hydrogens (tertiary/aromatic N) is 7. The number of anilines is 1. The standard InChI is InChI=1S/C14H15N7O/c1-20-13(7-12(18-20)11-4-2-3-5-16-11)21-9-10(6-14(21)22)8-17-19-15/h2-5,7,10H,6,8-9H2,1H3. The number of carbonyl (C=O) groups is 1. The number of carbonyl (C=O) groups excluding carboxylic acids is 1. The summed E-state index contributed by atoms with van der Waals surface area (Å²) in [6.45, 7) is 0.878. The predicted molar refractivity (Wildman–Crippen MR) is 80.9 cm³/mol. The molecule has 0 N–H and O–H groups in total. The number of aryl methyl sites for hydroxylation is 1. The van der Waals surface area contributed by atoms with Gasteiger partial charge in [0.1, 0.15) is 11.5 Å². The number of rotatable bonds is 4. The van der Waals surface area contributed by atoms with Gasteiger partial charge in [0, 0.05) is 43.7 Å². The van der Waals surface area contributed by atoms with Crippen molar-refractivity contribution in [2.24, 2.45) is 18.1 Å². The Bertz CT molecular complexity index is 733. The van der Waals surface area contributed by atoms with E-state index < -0.39 is 0 Å². The Kier molecular flexibility index (Phi) is 3.76. The normalized spacial score (nSPS) is 17.6. The largest absolute Gasteiger partial charge is 0.297 e. The van der Waals surface area contributed by atoms with Gasteiger partial charge in [-0.25, -0.2) is 0 Å². The van der Waals surface area contributed by atoms with Gasteiger partial charge in [-0.1, -0.05) is 11.2 Å². The summed E-state index contributed by atoms with van der Waals surface area (Å²) < 4.78 is 1.68. The van der Waals surface area contributed by atoms with Gasteiger partial charge in [0.2, 0.25) is 5.91 Å². The van der Waals surface area contributed by atoms with E-state index in [0.717, 1.165) is 17.2 Å². The van der Waals surface area contributed by atoms with Crippen LogP contribution in [0.2, 0.25) is 0 Å². The molecule has 1 unspecified atom stereocenters. The fraction of sp³-hybridized carbons (Fsp3) is 0.357. The van der Waals surface area contributed by atoms with Crippen LogP contribution in [0.3, 0.4) is 0 Å². The molecule has 8 nitrogen and oxygen atoms in total. The van der Waals surface area contributed by atoms with Crippen molar-refractivity contribution in [3.8, 4) is 11.4 Å². The van der Waals surface area contributed by atoms with Crippen molar-refractivity contribution in [2.75, 3.05) is 18.0 Å². The zero-order valence-electron chi connectivity index (χ0n) is 12.1. The van der Waals surface area contributed by atoms with Crippen LogP contribution >= 0.6 is 0 Å². The number of aromatic nitrogens is 3. The lowest BCUT2D eigenvalue weighted by atomic mass is 10.1. The Balaban J connectivity index is 1.85. The number of azide groups is 1. The third-order valence-corrected chi connectivity index (χ3v) is 3.67. The molecule has 2 aromatic heterocycles. The summed E-state index contributed by atoms with van der Waals surface area (Å²) in [5.74, 6) is 0.805. The molecule has 2 aromatic rings. The molecule has 0 radical (unpaired) electrons. The highest BCUT2D eigenvalue weighted by atomic mass is 16.2. The smallest absolute Gasteiger partial charge is 0.228 e. The number of hydrogen-bond donors (Lipinski definition) is 0. The average molecular weight is 297 g/mol. The first-order valence-corrected chi connectivity index (χ1v) is 6.95. The lowest BCUT2D eigenvalue weighted by Gasteiger charge is -2.15. The van der Waals surface area contributed by atoms with Gasteiger partial charge in [0.25, 0.3) is 0 Å². The summed E-state index contributed by atoms with van der Waals surface area (Å²) in [7, 11) is 1.80. The first-order valence-electron chi connectivity index (χ1n) is 6.95. The van der Waals surface area contributed by atoms with Crippen molar-refractivity contribution >= 4 is 11.7 Å². The second-order valence-electron chi connectivity index (χ2n) is 5.21. The van der Waals surface area contributed by atoms with E-state index in [2.05, 4.69) is 20.1 Å². The van der Waals surface area contributed by atoms with Gasteiger partial charge < -0.3 is 0 Å². The maximum absolute atomic E-state index is 12.2. The molecule has 1 aliphatic heterocycles. The fourth-order valence-corrected chi connectivity index (χ4v) is 2.63. The van der Waals surface area contributed by atoms with E-state index in [-0.39, 0.29) is 11.8 Å². The lowest BCUT2D eigenvalue weighted by Crippen LogP contribution is -2.26. The molecule has 1 atom stereocenters. The molecule has 0 spiro atoms. The number of hydrogen-bond acceptors (Lipinski definition) is 4. The van der Waals surface area contributed by atoms with E-state index in [1.807, 2.05) is 24.3 Å². The van der Waals surface area contributed by atoms with Gasteiger partial charge in [-0.15, -0.1) is 0 Å². The highest BCUT2D eigenvalue weighted by Gasteiger charge is 2.32. The average Bonchev–Trinajstić information content (AvgIpc) is 3.09. The van der Waals surface area contributed by atoms with Gasteiger partial charge in [0.15, 0.2) is 0 Å². The third-order valence-electron chi connectivity index (χ3n) is 3.67. The molecule has 0 saturated carbocycles. The molecule has 1 aliphatic rings. The van der Waals surface area contributed by atoms with Crippen LogP contribution in [-0.4, -0.2) is 33.8 Å². The molecule has 1 fully saturated rings. The molecule has 0 aromatic carbocycles. The zero-order chi connectivity index (χ0) is 15.5. The molecule has 8 heteroatoms. The van der Waals surface area contributed by atoms with Crippen molar-refractivity contribution in [3.63, 3.8) is 0 Å². The van der Waals surface area contributed by atoms with Crippen LogP contribution in [0.25, 0.3) is 21.8 Å². The van der Waals surface area contributed by atoms with Crippen molar-refractivity contribution in [1.82, 2.24) is 14.8 Å². The molecule has 3 heterocycles. The van der Waals surface area contributed by atoms with Gasteiger partial charge in [0.05, 0.1) is 5.69 Å². The Labute approximate surface area is 127 Å². The Morgan fingerprint density at radius 2 is 2.32 bits per heavy atom. The topological polar surface area (TPSA) is 99.8 Å². The van der Waals surface area contributed by atoms with Crippen LogP contribution in [0, 0.1) is 5.92 Å². The maximum Gasteiger partial charge on any atom is 0.228 e. The summed E-state index contributed by atoms with van der Waals surface area (Å²) in [4.78, 5) is 20.9. The summed E-state index contributed by atoms with van der Waals surface area (Å²) in [5, 5.41) is 7.99. The van der Waals surface area contributed by atoms with Gasteiger partial charge >= 0.3 is 0 Å². The van der Waals surface area contributed by atoms with Crippen LogP contribution in [0.15, 0.2) is 35.6 Å². The number of amides is 1. The molecule has 1 amide bonds. The predicted octanol–water partition coefficient (Wildman–Crippen LogP) is 2.15. The van der Waals surface area contributed by atoms with E-state index in [4.69, 9.17) is 5.53 Å². The summed E-state index contributed by atoms with van der Waals surface area (Å²) in [5.41, 5.74) is 9.88. The van der Waals surface area contributed by atoms with Gasteiger partial charge in [-0.05, 0) is 23.6 Å². The highest BCUT2D eigenvalue weighted by Crippen LogP contribution is 2.28. The second-order valence-corrected chi connectivity index (χ2v) is 5.21. The Hall–Kier alpha value is -2.86. The van der Waals surface area contributed by atoms with E-state index in [9.17, 15) is 4.79 Å². The van der Waals surface area contributed by atoms with E-state index in [1.54, 1.807) is 22.8 Å². The highest BCUT2D eigenvalue weighted by molar-refractivity contribution is 5.95. The molecule has 0 aliphatic carbocycles. The molecule has 22 heavy (non-hydrogen) atoms. The third kappa shape index (κ3) is 2.64. The fourth-order valence-electron chi connectivity index (χ4n) is 2.63. The SMILES string of the molecule is Cn1nc(-c2ccccn2)cc1N1CC(CN=[N+]=[N-])CC1=O. The minimum absolute atomic E-state index is 0.0220. The molecular formula is C14H15N7O. The summed E-state index contributed by atoms with van der Waals surface area (Å²) >= 11 is 0. The summed E-state index contributed by atoms with van der Waals surface area (Å²) in [6.07, 6.45) is 2.10. The van der Waals surface area contributed by atoms with E-state index in [1.165, 1.54) is 0 Å². The molecule has 1 saturated heterocycles. The Morgan fingerprint density at radius 1 is 1.45 bits per heavy atom. The van der Waals surface area contributed by atoms with Crippen molar-refractivity contribution in [3.05, 3.63) is 40.9 Å². The second kappa shape index (κ2) is 5.87. The molecular weight excluding hydrogens is 282 g/mol. The minimum atomic E-state index is 0.0220. The Morgan fingerprint density at radius 3 is 3.05 bits per heavy atom. The minimum Gasteiger partial charge on any atom is -0.297 e. The molecule has 112 valence electrons. The summed E-state index contributed by atoms with van der Waals surface area (Å²) in [6, 6.07) is 7.48. The maximum atomic E-state index is 12.2. The van der Waals surface area contributed by atoms with Crippen molar-refractivity contribution in [2.45, 2.75) is 6.42 Å². The quantitative estimate of drug-likeness (QED) is 0.491. The number of pyridine rings is 1. The van der Waals surface area contributed by atoms with Gasteiger partial charge in [-0.2, -0.15) is 5.10 Å². The molecule has 0 bridgehead atoms. The zero-order valence-corrected chi connectivity index (χ0v) is 12.1.